The Balaban J connectivity index is 2.02. The van der Waals surface area contributed by atoms with Crippen molar-refractivity contribution in [2.45, 2.75) is 83.7 Å². The maximum absolute atomic E-state index is 12.3. The molecule has 6 heteroatoms. The van der Waals surface area contributed by atoms with Gasteiger partial charge in [0.25, 0.3) is 0 Å². The number of rotatable bonds is 4. The lowest BCUT2D eigenvalue weighted by atomic mass is 9.86. The molecule has 1 amide bonds. The highest BCUT2D eigenvalue weighted by Gasteiger charge is 2.39. The molecule has 3 atom stereocenters. The van der Waals surface area contributed by atoms with Gasteiger partial charge in [-0.3, -0.25) is 9.80 Å². The lowest BCUT2D eigenvalue weighted by Crippen LogP contribution is -2.63. The van der Waals surface area contributed by atoms with Gasteiger partial charge >= 0.3 is 6.09 Å². The molecule has 2 rings (SSSR count). The smallest absolute Gasteiger partial charge is 0.408 e. The van der Waals surface area contributed by atoms with Gasteiger partial charge in [0.05, 0.1) is 12.1 Å². The van der Waals surface area contributed by atoms with Crippen LogP contribution < -0.4 is 5.32 Å². The molecular weight excluding hydrogens is 318 g/mol. The predicted molar refractivity (Wildman–Crippen MR) is 99.9 cm³/mol. The number of piperazine rings is 1. The van der Waals surface area contributed by atoms with Gasteiger partial charge in [-0.2, -0.15) is 0 Å². The first-order valence-corrected chi connectivity index (χ1v) is 9.71. The minimum absolute atomic E-state index is 0.0146. The summed E-state index contributed by atoms with van der Waals surface area (Å²) in [5.74, 6) is 0. The van der Waals surface area contributed by atoms with Crippen LogP contribution in [0.3, 0.4) is 0 Å². The number of carbonyl (C=O) groups excluding carboxylic acids is 1. The van der Waals surface area contributed by atoms with E-state index in [0.717, 1.165) is 45.4 Å². The number of carbonyl (C=O) groups is 1. The average molecular weight is 356 g/mol. The summed E-state index contributed by atoms with van der Waals surface area (Å²) in [5, 5.41) is 3.12. The van der Waals surface area contributed by atoms with Crippen LogP contribution in [0.2, 0.25) is 0 Å². The Morgan fingerprint density at radius 3 is 2.28 bits per heavy atom. The van der Waals surface area contributed by atoms with Gasteiger partial charge in [-0.15, -0.1) is 0 Å². The van der Waals surface area contributed by atoms with Crippen LogP contribution in [-0.2, 0) is 9.47 Å². The Bertz CT molecular complexity index is 428. The summed E-state index contributed by atoms with van der Waals surface area (Å²) in [6.07, 6.45) is 2.93. The van der Waals surface area contributed by atoms with E-state index < -0.39 is 5.60 Å². The normalized spacial score (nSPS) is 29.6. The third-order valence-electron chi connectivity index (χ3n) is 5.34. The molecule has 1 heterocycles. The molecule has 0 spiro atoms. The first-order valence-electron chi connectivity index (χ1n) is 9.71. The Labute approximate surface area is 153 Å². The fourth-order valence-corrected chi connectivity index (χ4v) is 4.03. The topological polar surface area (TPSA) is 54.0 Å². The number of nitrogens with one attached hydrogen (secondary N) is 1. The second-order valence-corrected chi connectivity index (χ2v) is 8.61. The van der Waals surface area contributed by atoms with E-state index in [4.69, 9.17) is 9.47 Å². The van der Waals surface area contributed by atoms with Crippen LogP contribution in [0.25, 0.3) is 0 Å². The Kier molecular flexibility index (Phi) is 7.11. The third kappa shape index (κ3) is 5.83. The molecule has 0 aromatic heterocycles. The van der Waals surface area contributed by atoms with E-state index in [0.29, 0.717) is 12.1 Å². The van der Waals surface area contributed by atoms with Crippen LogP contribution >= 0.6 is 0 Å². The molecule has 146 valence electrons. The Morgan fingerprint density at radius 2 is 1.76 bits per heavy atom. The van der Waals surface area contributed by atoms with Crippen LogP contribution in [-0.4, -0.2) is 79.0 Å². The van der Waals surface area contributed by atoms with Gasteiger partial charge in [0, 0.05) is 45.4 Å². The zero-order valence-corrected chi connectivity index (χ0v) is 16.9. The van der Waals surface area contributed by atoms with Gasteiger partial charge in [0.15, 0.2) is 0 Å². The number of ether oxygens (including phenoxy) is 2. The van der Waals surface area contributed by atoms with Gasteiger partial charge in [0.1, 0.15) is 5.60 Å². The highest BCUT2D eigenvalue weighted by Crippen LogP contribution is 2.27. The van der Waals surface area contributed by atoms with Crippen LogP contribution in [0.4, 0.5) is 4.79 Å². The largest absolute Gasteiger partial charge is 0.444 e. The molecule has 0 bridgehead atoms. The molecule has 0 aromatic rings. The highest BCUT2D eigenvalue weighted by molar-refractivity contribution is 5.68. The van der Waals surface area contributed by atoms with Gasteiger partial charge in [0.2, 0.25) is 0 Å². The van der Waals surface area contributed by atoms with Crippen LogP contribution in [0.5, 0.6) is 0 Å². The van der Waals surface area contributed by atoms with Crippen molar-refractivity contribution in [1.82, 2.24) is 15.1 Å². The number of hydrogen-bond donors (Lipinski definition) is 1. The number of nitrogens with zero attached hydrogens (tertiary/aromatic N) is 2. The standard InChI is InChI=1S/C19H37N3O3/c1-14(2)21-10-12-22(13-11-21)15-8-7-9-16(24-6)17(15)20-18(23)25-19(3,4)5/h14-17H,7-13H2,1-6H3,(H,20,23)/t15?,16-,17?/m0/s1. The van der Waals surface area contributed by atoms with Gasteiger partial charge in [-0.1, -0.05) is 0 Å². The van der Waals surface area contributed by atoms with Crippen molar-refractivity contribution in [3.05, 3.63) is 0 Å². The summed E-state index contributed by atoms with van der Waals surface area (Å²) >= 11 is 0. The number of alkyl carbamates (subject to hydrolysis) is 1. The molecule has 2 unspecified atom stereocenters. The molecule has 1 aliphatic carbocycles. The van der Waals surface area contributed by atoms with E-state index in [1.54, 1.807) is 7.11 Å². The van der Waals surface area contributed by atoms with E-state index >= 15 is 0 Å². The molecule has 1 N–H and O–H groups in total. The maximum Gasteiger partial charge on any atom is 0.408 e. The van der Waals surface area contributed by atoms with E-state index in [1.165, 1.54) is 0 Å². The number of amides is 1. The molecule has 1 saturated carbocycles. The quantitative estimate of drug-likeness (QED) is 0.840. The van der Waals surface area contributed by atoms with Crippen molar-refractivity contribution in [3.63, 3.8) is 0 Å². The number of methoxy groups -OCH3 is 1. The second-order valence-electron chi connectivity index (χ2n) is 8.61. The molecule has 6 nitrogen and oxygen atoms in total. The van der Waals surface area contributed by atoms with Crippen LogP contribution in [0.1, 0.15) is 53.9 Å². The molecule has 2 fully saturated rings. The average Bonchev–Trinajstić information content (AvgIpc) is 2.53. The fraction of sp³-hybridized carbons (Fsp3) is 0.947. The summed E-state index contributed by atoms with van der Waals surface area (Å²) < 4.78 is 11.2. The molecule has 1 aliphatic heterocycles. The minimum Gasteiger partial charge on any atom is -0.444 e. The lowest BCUT2D eigenvalue weighted by Gasteiger charge is -2.47. The second kappa shape index (κ2) is 8.69. The first-order chi connectivity index (χ1) is 11.7. The summed E-state index contributed by atoms with van der Waals surface area (Å²) in [4.78, 5) is 17.4. The zero-order chi connectivity index (χ0) is 18.6. The van der Waals surface area contributed by atoms with E-state index in [-0.39, 0.29) is 18.2 Å². The molecule has 2 aliphatic rings. The first kappa shape index (κ1) is 20.5. The van der Waals surface area contributed by atoms with E-state index in [9.17, 15) is 4.79 Å². The van der Waals surface area contributed by atoms with Gasteiger partial charge < -0.3 is 14.8 Å². The van der Waals surface area contributed by atoms with Crippen molar-refractivity contribution >= 4 is 6.09 Å². The molecule has 0 radical (unpaired) electrons. The zero-order valence-electron chi connectivity index (χ0n) is 16.9. The fourth-order valence-electron chi connectivity index (χ4n) is 4.03. The third-order valence-corrected chi connectivity index (χ3v) is 5.34. The highest BCUT2D eigenvalue weighted by atomic mass is 16.6. The summed E-state index contributed by atoms with van der Waals surface area (Å²) in [7, 11) is 1.74. The predicted octanol–water partition coefficient (Wildman–Crippen LogP) is 2.47. The van der Waals surface area contributed by atoms with Crippen molar-refractivity contribution in [2.75, 3.05) is 33.3 Å². The SMILES string of the molecule is CO[C@H]1CCCC(N2CCN(C(C)C)CC2)C1NC(=O)OC(C)(C)C. The van der Waals surface area contributed by atoms with Crippen molar-refractivity contribution in [2.24, 2.45) is 0 Å². The van der Waals surface area contributed by atoms with E-state index in [1.807, 2.05) is 20.8 Å². The summed E-state index contributed by atoms with van der Waals surface area (Å²) in [6.45, 7) is 14.5. The van der Waals surface area contributed by atoms with Gasteiger partial charge in [-0.25, -0.2) is 4.79 Å². The molecular formula is C19H37N3O3. The minimum atomic E-state index is -0.486. The monoisotopic (exact) mass is 355 g/mol. The molecule has 1 saturated heterocycles. The van der Waals surface area contributed by atoms with Crippen molar-refractivity contribution in [3.8, 4) is 0 Å². The summed E-state index contributed by atoms with van der Waals surface area (Å²) in [5.41, 5.74) is -0.486. The molecule has 0 aromatic carbocycles. The Morgan fingerprint density at radius 1 is 1.12 bits per heavy atom. The Hall–Kier alpha value is -0.850. The number of hydrogen-bond acceptors (Lipinski definition) is 5. The molecule has 25 heavy (non-hydrogen) atoms. The van der Waals surface area contributed by atoms with E-state index in [2.05, 4.69) is 29.0 Å². The summed E-state index contributed by atoms with van der Waals surface area (Å²) in [6, 6.07) is 0.899. The lowest BCUT2D eigenvalue weighted by molar-refractivity contribution is -0.0249. The maximum atomic E-state index is 12.3. The van der Waals surface area contributed by atoms with Crippen LogP contribution in [0, 0.1) is 0 Å². The van der Waals surface area contributed by atoms with Crippen molar-refractivity contribution < 1.29 is 14.3 Å². The van der Waals surface area contributed by atoms with Gasteiger partial charge in [-0.05, 0) is 53.9 Å². The van der Waals surface area contributed by atoms with Crippen LogP contribution in [0.15, 0.2) is 0 Å². The van der Waals surface area contributed by atoms with Crippen molar-refractivity contribution in [1.29, 1.82) is 0 Å².